The van der Waals surface area contributed by atoms with Crippen molar-refractivity contribution in [3.05, 3.63) is 89.7 Å². The first kappa shape index (κ1) is 38.3. The van der Waals surface area contributed by atoms with Gasteiger partial charge in [-0.2, -0.15) is 0 Å². The highest BCUT2D eigenvalue weighted by Gasteiger charge is 2.44. The fraction of sp³-hybridized carbons (Fsp3) is 0.341. The number of imide groups is 2. The fourth-order valence-corrected chi connectivity index (χ4v) is 6.42. The Morgan fingerprint density at radius 2 is 1.52 bits per heavy atom. The number of carbonyl (C=O) groups excluding carboxylic acids is 4. The summed E-state index contributed by atoms with van der Waals surface area (Å²) in [6.45, 7) is 2.80. The minimum atomic E-state index is -1.01. The monoisotopic (exact) mass is 762 g/mol. The molecule has 2 aliphatic heterocycles. The molecule has 1 unspecified atom stereocenters. The van der Waals surface area contributed by atoms with Crippen molar-refractivity contribution in [2.45, 2.75) is 31.7 Å². The van der Waals surface area contributed by atoms with Crippen LogP contribution < -0.4 is 15.0 Å². The molecule has 1 atom stereocenters. The van der Waals surface area contributed by atoms with E-state index in [1.165, 1.54) is 12.1 Å². The first-order valence-corrected chi connectivity index (χ1v) is 18.5. The maximum Gasteiger partial charge on any atom is 0.262 e. The first-order chi connectivity index (χ1) is 27.2. The molecule has 15 heteroatoms. The van der Waals surface area contributed by atoms with Gasteiger partial charge in [-0.05, 0) is 79.4 Å². The third kappa shape index (κ3) is 8.91. The van der Waals surface area contributed by atoms with Gasteiger partial charge >= 0.3 is 0 Å². The summed E-state index contributed by atoms with van der Waals surface area (Å²) in [5, 5.41) is 2.19. The molecule has 0 radical (unpaired) electrons. The summed E-state index contributed by atoms with van der Waals surface area (Å²) >= 11 is 0. The number of aromatic nitrogens is 3. The van der Waals surface area contributed by atoms with Gasteiger partial charge in [0.05, 0.1) is 55.4 Å². The number of hydrogen-bond donors (Lipinski definition) is 1. The van der Waals surface area contributed by atoms with Gasteiger partial charge < -0.3 is 28.3 Å². The van der Waals surface area contributed by atoms with Gasteiger partial charge in [0.2, 0.25) is 17.7 Å². The summed E-state index contributed by atoms with van der Waals surface area (Å²) < 4.78 is 28.7. The number of hydrogen-bond acceptors (Lipinski definition) is 13. The van der Waals surface area contributed by atoms with Gasteiger partial charge in [-0.15, -0.1) is 0 Å². The minimum Gasteiger partial charge on any atom is -0.491 e. The lowest BCUT2D eigenvalue weighted by atomic mass is 10.0. The second-order valence-electron chi connectivity index (χ2n) is 13.5. The SMILES string of the molecule is CN(C)c1ccc(-c2ccc(-c3nc4ccc(CCCOCCOCCOCCOc5ccc6c(c5)C(=O)N(C5CCC(=O)NC5=O)C6=O)cc4o3)cn2)cn1. The number of ether oxygens (including phenoxy) is 4. The first-order valence-electron chi connectivity index (χ1n) is 18.5. The molecule has 1 saturated heterocycles. The average Bonchev–Trinajstić information content (AvgIpc) is 3.74. The summed E-state index contributed by atoms with van der Waals surface area (Å²) in [6.07, 6.45) is 5.42. The van der Waals surface area contributed by atoms with Crippen molar-refractivity contribution in [2.75, 3.05) is 65.2 Å². The molecule has 2 aromatic carbocycles. The van der Waals surface area contributed by atoms with Crippen molar-refractivity contribution in [1.29, 1.82) is 0 Å². The Labute approximate surface area is 322 Å². The number of fused-ring (bicyclic) bond motifs is 2. The molecule has 0 bridgehead atoms. The Kier molecular flexibility index (Phi) is 12.0. The van der Waals surface area contributed by atoms with Crippen LogP contribution >= 0.6 is 0 Å². The normalized spacial score (nSPS) is 15.4. The molecule has 0 aliphatic carbocycles. The van der Waals surface area contributed by atoms with Gasteiger partial charge in [-0.1, -0.05) is 6.07 Å². The van der Waals surface area contributed by atoms with Gasteiger partial charge in [0.15, 0.2) is 5.58 Å². The van der Waals surface area contributed by atoms with E-state index in [0.717, 1.165) is 57.0 Å². The van der Waals surface area contributed by atoms with Crippen molar-refractivity contribution in [2.24, 2.45) is 0 Å². The predicted molar refractivity (Wildman–Crippen MR) is 204 cm³/mol. The Morgan fingerprint density at radius 3 is 2.23 bits per heavy atom. The number of anilines is 1. The van der Waals surface area contributed by atoms with Gasteiger partial charge in [0, 0.05) is 45.1 Å². The van der Waals surface area contributed by atoms with Crippen LogP contribution in [0, 0.1) is 0 Å². The minimum absolute atomic E-state index is 0.0626. The number of oxazole rings is 1. The van der Waals surface area contributed by atoms with Crippen LogP contribution in [-0.4, -0.2) is 110 Å². The molecule has 15 nitrogen and oxygen atoms in total. The van der Waals surface area contributed by atoms with Crippen molar-refractivity contribution < 1.29 is 42.5 Å². The molecule has 4 amide bonds. The number of benzene rings is 2. The number of rotatable bonds is 18. The van der Waals surface area contributed by atoms with Crippen LogP contribution in [0.4, 0.5) is 5.82 Å². The summed E-state index contributed by atoms with van der Waals surface area (Å²) in [7, 11) is 3.91. The molecule has 7 rings (SSSR count). The van der Waals surface area contributed by atoms with Crippen molar-refractivity contribution >= 4 is 40.5 Å². The quantitative estimate of drug-likeness (QED) is 0.0978. The fourth-order valence-electron chi connectivity index (χ4n) is 6.42. The van der Waals surface area contributed by atoms with Gasteiger partial charge in [-0.3, -0.25) is 34.4 Å². The molecule has 0 saturated carbocycles. The van der Waals surface area contributed by atoms with E-state index in [2.05, 4.69) is 26.3 Å². The zero-order valence-electron chi connectivity index (χ0n) is 31.2. The topological polar surface area (TPSA) is 176 Å². The summed E-state index contributed by atoms with van der Waals surface area (Å²) in [5.74, 6) is -0.405. The Balaban J connectivity index is 0.742. The molecule has 1 fully saturated rings. The summed E-state index contributed by atoms with van der Waals surface area (Å²) in [5.41, 5.74) is 5.58. The lowest BCUT2D eigenvalue weighted by molar-refractivity contribution is -0.136. The molecule has 290 valence electrons. The zero-order valence-corrected chi connectivity index (χ0v) is 31.2. The molecular weight excluding hydrogens is 720 g/mol. The van der Waals surface area contributed by atoms with Gasteiger partial charge in [-0.25, -0.2) is 9.97 Å². The van der Waals surface area contributed by atoms with E-state index in [1.54, 1.807) is 12.3 Å². The molecule has 1 N–H and O–H groups in total. The second-order valence-corrected chi connectivity index (χ2v) is 13.5. The molecule has 56 heavy (non-hydrogen) atoms. The number of nitrogens with one attached hydrogen (secondary N) is 1. The van der Waals surface area contributed by atoms with Crippen LogP contribution in [0.1, 0.15) is 45.5 Å². The van der Waals surface area contributed by atoms with Crippen LogP contribution in [0.2, 0.25) is 0 Å². The van der Waals surface area contributed by atoms with E-state index >= 15 is 0 Å². The van der Waals surface area contributed by atoms with Crippen LogP contribution in [0.5, 0.6) is 5.75 Å². The van der Waals surface area contributed by atoms with Crippen LogP contribution in [0.15, 0.2) is 77.5 Å². The second kappa shape index (κ2) is 17.6. The lowest BCUT2D eigenvalue weighted by Crippen LogP contribution is -2.54. The third-order valence-corrected chi connectivity index (χ3v) is 9.37. The summed E-state index contributed by atoms with van der Waals surface area (Å²) in [4.78, 5) is 66.1. The van der Waals surface area contributed by atoms with E-state index in [9.17, 15) is 19.2 Å². The van der Waals surface area contributed by atoms with Gasteiger partial charge in [0.25, 0.3) is 11.8 Å². The predicted octanol–water partition coefficient (Wildman–Crippen LogP) is 4.48. The highest BCUT2D eigenvalue weighted by Crippen LogP contribution is 2.31. The standard InChI is InChI=1S/C41H42N6O9/c1-46(2)36-13-7-27(24-43-36)32-11-6-28(25-42-32)39-44-33-10-5-26(22-35(33)56-39)4-3-15-52-16-17-53-18-19-54-20-21-55-29-8-9-30-31(23-29)41(51)47(40(30)50)34-12-14-37(48)45-38(34)49/h5-11,13,22-25,34H,3-4,12,14-21H2,1-2H3,(H,45,48,49). The molecule has 3 aromatic heterocycles. The highest BCUT2D eigenvalue weighted by atomic mass is 16.6. The van der Waals surface area contributed by atoms with Crippen molar-refractivity contribution in [3.63, 3.8) is 0 Å². The molecule has 0 spiro atoms. The number of nitrogens with zero attached hydrogens (tertiary/aromatic N) is 5. The maximum atomic E-state index is 13.0. The lowest BCUT2D eigenvalue weighted by Gasteiger charge is -2.27. The number of amides is 4. The average molecular weight is 763 g/mol. The van der Waals surface area contributed by atoms with E-state index in [4.69, 9.17) is 23.4 Å². The largest absolute Gasteiger partial charge is 0.491 e. The Morgan fingerprint density at radius 1 is 0.786 bits per heavy atom. The molecule has 5 heterocycles. The summed E-state index contributed by atoms with van der Waals surface area (Å²) in [6, 6.07) is 17.5. The number of pyridine rings is 2. The van der Waals surface area contributed by atoms with E-state index in [0.29, 0.717) is 51.3 Å². The maximum absolute atomic E-state index is 13.0. The Bertz CT molecular complexity index is 2200. The van der Waals surface area contributed by atoms with E-state index in [1.807, 2.05) is 61.6 Å². The van der Waals surface area contributed by atoms with Crippen LogP contribution in [0.25, 0.3) is 33.8 Å². The van der Waals surface area contributed by atoms with Crippen LogP contribution in [0.3, 0.4) is 0 Å². The van der Waals surface area contributed by atoms with E-state index < -0.39 is 29.7 Å². The molecule has 2 aliphatic rings. The smallest absolute Gasteiger partial charge is 0.262 e. The van der Waals surface area contributed by atoms with Gasteiger partial charge in [0.1, 0.15) is 29.7 Å². The Hall–Kier alpha value is -6.03. The van der Waals surface area contributed by atoms with Crippen molar-refractivity contribution in [3.8, 4) is 28.5 Å². The van der Waals surface area contributed by atoms with Crippen molar-refractivity contribution in [1.82, 2.24) is 25.2 Å². The number of aryl methyl sites for hydroxylation is 1. The molecule has 5 aromatic rings. The zero-order chi connectivity index (χ0) is 39.0. The number of carbonyl (C=O) groups is 4. The molecular formula is C41H42N6O9. The highest BCUT2D eigenvalue weighted by molar-refractivity contribution is 6.23. The van der Waals surface area contributed by atoms with Crippen LogP contribution in [-0.2, 0) is 30.2 Å². The number of piperidine rings is 1. The van der Waals surface area contributed by atoms with E-state index in [-0.39, 0.29) is 30.6 Å². The third-order valence-electron chi connectivity index (χ3n) is 9.37.